The Hall–Kier alpha value is -0.450. The zero-order valence-corrected chi connectivity index (χ0v) is 12.8. The number of hydrogen-bond acceptors (Lipinski definition) is 2. The molecule has 0 fully saturated rings. The fourth-order valence-electron chi connectivity index (χ4n) is 1.56. The summed E-state index contributed by atoms with van der Waals surface area (Å²) in [7, 11) is 1.64. The van der Waals surface area contributed by atoms with Gasteiger partial charge in [0.25, 0.3) is 0 Å². The second kappa shape index (κ2) is 5.46. The minimum absolute atomic E-state index is 0.0377. The van der Waals surface area contributed by atoms with E-state index in [1.807, 2.05) is 18.2 Å². The summed E-state index contributed by atoms with van der Waals surface area (Å²) in [5, 5.41) is 0.671. The van der Waals surface area contributed by atoms with Crippen molar-refractivity contribution in [3.8, 4) is 5.75 Å². The van der Waals surface area contributed by atoms with Crippen LogP contribution in [-0.2, 0) is 0 Å². The highest BCUT2D eigenvalue weighted by atomic mass is 79.9. The highest BCUT2D eigenvalue weighted by Gasteiger charge is 2.19. The largest absolute Gasteiger partial charge is 0.496 e. The normalized spacial score (nSPS) is 12.5. The van der Waals surface area contributed by atoms with E-state index < -0.39 is 0 Å². The van der Waals surface area contributed by atoms with Crippen LogP contribution in [0.1, 0.15) is 16.0 Å². The Balaban J connectivity index is 2.46. The average molecular weight is 380 g/mol. The summed E-state index contributed by atoms with van der Waals surface area (Å²) in [6, 6.07) is 7.41. The number of ether oxygens (including phenoxy) is 1. The molecule has 1 heterocycles. The summed E-state index contributed by atoms with van der Waals surface area (Å²) in [6.07, 6.45) is 1.63. The molecule has 0 radical (unpaired) electrons. The van der Waals surface area contributed by atoms with E-state index in [-0.39, 0.29) is 4.83 Å². The second-order valence-electron chi connectivity index (χ2n) is 3.40. The van der Waals surface area contributed by atoms with Gasteiger partial charge in [-0.1, -0.05) is 27.5 Å². The summed E-state index contributed by atoms with van der Waals surface area (Å²) >= 11 is 13.0. The van der Waals surface area contributed by atoms with Gasteiger partial charge in [-0.15, -0.1) is 0 Å². The maximum absolute atomic E-state index is 6.01. The molecule has 0 bridgehead atoms. The van der Waals surface area contributed by atoms with Gasteiger partial charge in [0.15, 0.2) is 4.67 Å². The Kier molecular flexibility index (Phi) is 4.17. The van der Waals surface area contributed by atoms with Gasteiger partial charge in [-0.25, -0.2) is 0 Å². The van der Waals surface area contributed by atoms with Crippen molar-refractivity contribution in [2.24, 2.45) is 0 Å². The Morgan fingerprint density at radius 1 is 1.29 bits per heavy atom. The molecule has 2 aromatic rings. The number of halogens is 3. The predicted molar refractivity (Wildman–Crippen MR) is 75.2 cm³/mol. The van der Waals surface area contributed by atoms with E-state index >= 15 is 0 Å². The van der Waals surface area contributed by atoms with Crippen molar-refractivity contribution in [2.75, 3.05) is 7.11 Å². The van der Waals surface area contributed by atoms with E-state index in [4.69, 9.17) is 20.8 Å². The van der Waals surface area contributed by atoms with Crippen molar-refractivity contribution < 1.29 is 9.15 Å². The van der Waals surface area contributed by atoms with E-state index in [9.17, 15) is 0 Å². The fraction of sp³-hybridized carbons (Fsp3) is 0.167. The first-order valence-corrected chi connectivity index (χ1v) is 6.92. The molecule has 1 aromatic heterocycles. The Morgan fingerprint density at radius 3 is 2.65 bits per heavy atom. The van der Waals surface area contributed by atoms with Crippen LogP contribution in [0.15, 0.2) is 39.6 Å². The van der Waals surface area contributed by atoms with Gasteiger partial charge in [-0.05, 0) is 40.2 Å². The first-order chi connectivity index (χ1) is 8.13. The van der Waals surface area contributed by atoms with Gasteiger partial charge in [0.05, 0.1) is 18.2 Å². The lowest BCUT2D eigenvalue weighted by molar-refractivity contribution is 0.410. The van der Waals surface area contributed by atoms with E-state index in [0.717, 1.165) is 16.9 Å². The third-order valence-electron chi connectivity index (χ3n) is 2.38. The summed E-state index contributed by atoms with van der Waals surface area (Å²) in [6.45, 7) is 0. The number of alkyl halides is 1. The predicted octanol–water partition coefficient (Wildman–Crippen LogP) is 5.19. The standard InChI is InChI=1S/C12H9Br2ClO2/c1-16-10-3-2-7(15)6-9(10)11(13)8-4-5-17-12(8)14/h2-6,11H,1H3. The smallest absolute Gasteiger partial charge is 0.173 e. The van der Waals surface area contributed by atoms with Crippen molar-refractivity contribution in [1.29, 1.82) is 0 Å². The van der Waals surface area contributed by atoms with E-state index in [1.165, 1.54) is 0 Å². The van der Waals surface area contributed by atoms with Crippen LogP contribution in [-0.4, -0.2) is 7.11 Å². The van der Waals surface area contributed by atoms with Crippen molar-refractivity contribution in [1.82, 2.24) is 0 Å². The first-order valence-electron chi connectivity index (χ1n) is 4.84. The van der Waals surface area contributed by atoms with Crippen LogP contribution in [0, 0.1) is 0 Å². The van der Waals surface area contributed by atoms with E-state index in [2.05, 4.69) is 31.9 Å². The Labute approximate surface area is 121 Å². The van der Waals surface area contributed by atoms with Gasteiger partial charge in [-0.2, -0.15) is 0 Å². The van der Waals surface area contributed by atoms with E-state index in [0.29, 0.717) is 9.69 Å². The van der Waals surface area contributed by atoms with Crippen molar-refractivity contribution >= 4 is 43.5 Å². The molecule has 1 atom stereocenters. The molecule has 2 rings (SSSR count). The lowest BCUT2D eigenvalue weighted by atomic mass is 10.1. The summed E-state index contributed by atoms with van der Waals surface area (Å²) < 4.78 is 11.2. The first kappa shape index (κ1) is 13.0. The Bertz CT molecular complexity index is 525. The number of hydrogen-bond donors (Lipinski definition) is 0. The van der Waals surface area contributed by atoms with E-state index in [1.54, 1.807) is 19.4 Å². The molecule has 1 aromatic carbocycles. The number of methoxy groups -OCH3 is 1. The molecule has 0 aliphatic rings. The van der Waals surface area contributed by atoms with Crippen molar-refractivity contribution in [3.63, 3.8) is 0 Å². The fourth-order valence-corrected chi connectivity index (χ4v) is 3.23. The van der Waals surface area contributed by atoms with Crippen LogP contribution >= 0.6 is 43.5 Å². The highest BCUT2D eigenvalue weighted by Crippen LogP contribution is 2.40. The monoisotopic (exact) mass is 378 g/mol. The minimum Gasteiger partial charge on any atom is -0.496 e. The van der Waals surface area contributed by atoms with Crippen molar-refractivity contribution in [2.45, 2.75) is 4.83 Å². The summed E-state index contributed by atoms with van der Waals surface area (Å²) in [5.41, 5.74) is 1.95. The lowest BCUT2D eigenvalue weighted by Gasteiger charge is -2.13. The third kappa shape index (κ3) is 2.69. The molecule has 0 spiro atoms. The highest BCUT2D eigenvalue weighted by molar-refractivity contribution is 9.10. The topological polar surface area (TPSA) is 22.4 Å². The van der Waals surface area contributed by atoms with Crippen LogP contribution in [0.4, 0.5) is 0 Å². The molecule has 0 aliphatic carbocycles. The molecular weight excluding hydrogens is 371 g/mol. The van der Waals surface area contributed by atoms with Crippen LogP contribution in [0.3, 0.4) is 0 Å². The number of benzene rings is 1. The molecule has 1 unspecified atom stereocenters. The van der Waals surface area contributed by atoms with Crippen LogP contribution in [0.5, 0.6) is 5.75 Å². The maximum Gasteiger partial charge on any atom is 0.173 e. The zero-order chi connectivity index (χ0) is 12.4. The van der Waals surface area contributed by atoms with Gasteiger partial charge in [0, 0.05) is 16.1 Å². The van der Waals surface area contributed by atoms with Gasteiger partial charge in [0.1, 0.15) is 5.75 Å². The minimum atomic E-state index is -0.0377. The summed E-state index contributed by atoms with van der Waals surface area (Å²) in [4.78, 5) is -0.0377. The molecule has 5 heteroatoms. The van der Waals surface area contributed by atoms with Gasteiger partial charge in [-0.3, -0.25) is 0 Å². The van der Waals surface area contributed by atoms with Crippen LogP contribution < -0.4 is 4.74 Å². The average Bonchev–Trinajstić information content (AvgIpc) is 2.74. The molecule has 0 amide bonds. The molecule has 0 saturated heterocycles. The van der Waals surface area contributed by atoms with Gasteiger partial charge in [0.2, 0.25) is 0 Å². The zero-order valence-electron chi connectivity index (χ0n) is 8.91. The van der Waals surface area contributed by atoms with Crippen LogP contribution in [0.25, 0.3) is 0 Å². The number of furan rings is 1. The quantitative estimate of drug-likeness (QED) is 0.684. The second-order valence-corrected chi connectivity index (χ2v) is 5.47. The molecular formula is C12H9Br2ClO2. The molecule has 90 valence electrons. The van der Waals surface area contributed by atoms with Crippen molar-refractivity contribution in [3.05, 3.63) is 51.3 Å². The molecule has 17 heavy (non-hydrogen) atoms. The molecule has 0 aliphatic heterocycles. The third-order valence-corrected chi connectivity index (χ3v) is 4.25. The Morgan fingerprint density at radius 2 is 2.06 bits per heavy atom. The van der Waals surface area contributed by atoms with Gasteiger partial charge < -0.3 is 9.15 Å². The number of rotatable bonds is 3. The van der Waals surface area contributed by atoms with Gasteiger partial charge >= 0.3 is 0 Å². The molecule has 0 N–H and O–H groups in total. The van der Waals surface area contributed by atoms with Crippen LogP contribution in [0.2, 0.25) is 5.02 Å². The molecule has 0 saturated carbocycles. The summed E-state index contributed by atoms with van der Waals surface area (Å²) in [5.74, 6) is 0.782. The maximum atomic E-state index is 6.01. The molecule has 2 nitrogen and oxygen atoms in total. The lowest BCUT2D eigenvalue weighted by Crippen LogP contribution is -1.96. The SMILES string of the molecule is COc1ccc(Cl)cc1C(Br)c1ccoc1Br.